The first-order valence-corrected chi connectivity index (χ1v) is 6.91. The molecule has 0 atom stereocenters. The maximum atomic E-state index is 10.9. The van der Waals surface area contributed by atoms with Crippen molar-refractivity contribution in [3.63, 3.8) is 0 Å². The topological polar surface area (TPSA) is 97.8 Å². The van der Waals surface area contributed by atoms with Crippen molar-refractivity contribution in [2.75, 3.05) is 17.9 Å². The van der Waals surface area contributed by atoms with E-state index in [1.807, 2.05) is 6.26 Å². The number of aromatic nitrogens is 1. The number of anilines is 1. The average Bonchev–Trinajstić information content (AvgIpc) is 2.52. The first-order valence-electron chi connectivity index (χ1n) is 3.90. The second-order valence-electron chi connectivity index (χ2n) is 2.46. The highest BCUT2D eigenvalue weighted by molar-refractivity contribution is 9.11. The van der Waals surface area contributed by atoms with Crippen LogP contribution in [0, 0.1) is 0 Å². The summed E-state index contributed by atoms with van der Waals surface area (Å²) in [5.41, 5.74) is 5.36. The number of carbonyl (C=O) groups is 1. The standard InChI is InChI=1S/C7H8BrN3O3S2/c1-15-2-14-11-4(6(12)13)3-5(8)16-7(9)10-3/h2H2,1H3,(H2,9,10)(H,12,13). The van der Waals surface area contributed by atoms with Gasteiger partial charge in [-0.25, -0.2) is 9.78 Å². The van der Waals surface area contributed by atoms with Gasteiger partial charge in [-0.3, -0.25) is 0 Å². The fourth-order valence-electron chi connectivity index (χ4n) is 0.790. The smallest absolute Gasteiger partial charge is 0.360 e. The van der Waals surface area contributed by atoms with Crippen molar-refractivity contribution in [1.82, 2.24) is 4.98 Å². The van der Waals surface area contributed by atoms with Crippen LogP contribution in [0.4, 0.5) is 5.13 Å². The molecule has 0 saturated heterocycles. The summed E-state index contributed by atoms with van der Waals surface area (Å²) in [7, 11) is 0. The van der Waals surface area contributed by atoms with Crippen LogP contribution in [-0.4, -0.2) is 34.0 Å². The number of oxime groups is 1. The maximum Gasteiger partial charge on any atom is 0.360 e. The summed E-state index contributed by atoms with van der Waals surface area (Å²) in [6.07, 6.45) is 1.81. The quantitative estimate of drug-likeness (QED) is 0.369. The Hall–Kier alpha value is -0.800. The summed E-state index contributed by atoms with van der Waals surface area (Å²) in [6.45, 7) is 0. The van der Waals surface area contributed by atoms with Gasteiger partial charge in [0.05, 0.1) is 0 Å². The zero-order valence-electron chi connectivity index (χ0n) is 8.14. The first kappa shape index (κ1) is 13.3. The molecular weight excluding hydrogens is 318 g/mol. The molecule has 0 amide bonds. The second-order valence-corrected chi connectivity index (χ2v) is 5.62. The normalized spacial score (nSPS) is 11.5. The summed E-state index contributed by atoms with van der Waals surface area (Å²) in [4.78, 5) is 19.6. The van der Waals surface area contributed by atoms with Crippen LogP contribution < -0.4 is 5.73 Å². The maximum absolute atomic E-state index is 10.9. The Morgan fingerprint density at radius 1 is 1.81 bits per heavy atom. The zero-order chi connectivity index (χ0) is 12.1. The molecule has 0 unspecified atom stereocenters. The predicted octanol–water partition coefficient (Wildman–Crippen LogP) is 1.61. The fourth-order valence-corrected chi connectivity index (χ4v) is 2.28. The van der Waals surface area contributed by atoms with Gasteiger partial charge in [-0.05, 0) is 22.2 Å². The summed E-state index contributed by atoms with van der Waals surface area (Å²) in [6, 6.07) is 0. The van der Waals surface area contributed by atoms with Crippen molar-refractivity contribution in [3.05, 3.63) is 9.48 Å². The number of nitrogens with two attached hydrogens (primary N) is 1. The third-order valence-corrected chi connectivity index (χ3v) is 3.23. The van der Waals surface area contributed by atoms with Crippen LogP contribution >= 0.6 is 39.0 Å². The molecule has 1 aromatic heterocycles. The molecule has 88 valence electrons. The van der Waals surface area contributed by atoms with Crippen LogP contribution in [0.2, 0.25) is 0 Å². The molecule has 0 spiro atoms. The Morgan fingerprint density at radius 3 is 2.94 bits per heavy atom. The highest BCUT2D eigenvalue weighted by atomic mass is 79.9. The van der Waals surface area contributed by atoms with Crippen LogP contribution in [0.3, 0.4) is 0 Å². The van der Waals surface area contributed by atoms with Gasteiger partial charge in [0.1, 0.15) is 9.48 Å². The van der Waals surface area contributed by atoms with E-state index >= 15 is 0 Å². The lowest BCUT2D eigenvalue weighted by Gasteiger charge is -1.99. The van der Waals surface area contributed by atoms with Crippen molar-refractivity contribution in [1.29, 1.82) is 0 Å². The van der Waals surface area contributed by atoms with Gasteiger partial charge >= 0.3 is 5.97 Å². The number of carboxylic acid groups (broad SMARTS) is 1. The van der Waals surface area contributed by atoms with Crippen LogP contribution in [0.25, 0.3) is 0 Å². The van der Waals surface area contributed by atoms with Crippen LogP contribution in [-0.2, 0) is 9.63 Å². The molecule has 1 aromatic rings. The second kappa shape index (κ2) is 6.06. The molecule has 0 aliphatic heterocycles. The first-order chi connectivity index (χ1) is 7.56. The van der Waals surface area contributed by atoms with Gasteiger partial charge in [-0.15, -0.1) is 11.8 Å². The molecule has 0 fully saturated rings. The lowest BCUT2D eigenvalue weighted by atomic mass is 10.3. The Labute approximate surface area is 108 Å². The number of aliphatic carboxylic acids is 1. The highest BCUT2D eigenvalue weighted by Gasteiger charge is 2.21. The number of thiazole rings is 1. The summed E-state index contributed by atoms with van der Waals surface area (Å²) in [5, 5.41) is 12.7. The van der Waals surface area contributed by atoms with E-state index in [0.717, 1.165) is 11.3 Å². The molecule has 0 bridgehead atoms. The minimum Gasteiger partial charge on any atom is -0.476 e. The molecular formula is C7H8BrN3O3S2. The summed E-state index contributed by atoms with van der Waals surface area (Å²) >= 11 is 5.68. The molecule has 1 rings (SSSR count). The van der Waals surface area contributed by atoms with Crippen LogP contribution in [0.5, 0.6) is 0 Å². The van der Waals surface area contributed by atoms with Crippen LogP contribution in [0.1, 0.15) is 5.69 Å². The Balaban J connectivity index is 2.98. The van der Waals surface area contributed by atoms with Crippen molar-refractivity contribution < 1.29 is 14.7 Å². The van der Waals surface area contributed by atoms with Gasteiger partial charge in [-0.2, -0.15) is 0 Å². The lowest BCUT2D eigenvalue weighted by Crippen LogP contribution is -2.16. The minimum absolute atomic E-state index is 0.177. The van der Waals surface area contributed by atoms with E-state index in [1.54, 1.807) is 0 Å². The van der Waals surface area contributed by atoms with E-state index in [2.05, 4.69) is 26.1 Å². The molecule has 0 aliphatic rings. The molecule has 0 saturated carbocycles. The molecule has 1 heterocycles. The Bertz CT molecular complexity index is 421. The molecule has 3 N–H and O–H groups in total. The van der Waals surface area contributed by atoms with E-state index in [4.69, 9.17) is 15.7 Å². The molecule has 9 heteroatoms. The number of nitrogen functional groups attached to an aromatic ring is 1. The predicted molar refractivity (Wildman–Crippen MR) is 67.9 cm³/mol. The van der Waals surface area contributed by atoms with E-state index in [1.165, 1.54) is 11.8 Å². The van der Waals surface area contributed by atoms with Gasteiger partial charge in [0.25, 0.3) is 0 Å². The molecule has 6 nitrogen and oxygen atoms in total. The van der Waals surface area contributed by atoms with Gasteiger partial charge in [0.2, 0.25) is 5.71 Å². The third-order valence-electron chi connectivity index (χ3n) is 1.36. The number of rotatable bonds is 5. The summed E-state index contributed by atoms with van der Waals surface area (Å²) < 4.78 is 0.513. The Kier molecular flexibility index (Phi) is 5.03. The fraction of sp³-hybridized carbons (Fsp3) is 0.286. The van der Waals surface area contributed by atoms with E-state index in [9.17, 15) is 4.79 Å². The SMILES string of the molecule is CSCON=C(C(=O)O)c1nc(N)sc1Br. The number of halogens is 1. The van der Waals surface area contributed by atoms with Crippen molar-refractivity contribution in [2.45, 2.75) is 0 Å². The highest BCUT2D eigenvalue weighted by Crippen LogP contribution is 2.27. The molecule has 16 heavy (non-hydrogen) atoms. The molecule has 0 aromatic carbocycles. The number of hydrogen-bond donors (Lipinski definition) is 2. The van der Waals surface area contributed by atoms with Gasteiger partial charge in [-0.1, -0.05) is 16.5 Å². The Morgan fingerprint density at radius 2 is 2.50 bits per heavy atom. The largest absolute Gasteiger partial charge is 0.476 e. The van der Waals surface area contributed by atoms with Crippen LogP contribution in [0.15, 0.2) is 8.94 Å². The van der Waals surface area contributed by atoms with E-state index in [-0.39, 0.29) is 22.5 Å². The zero-order valence-corrected chi connectivity index (χ0v) is 11.4. The molecule has 0 aliphatic carbocycles. The van der Waals surface area contributed by atoms with Crippen molar-refractivity contribution in [3.8, 4) is 0 Å². The summed E-state index contributed by atoms with van der Waals surface area (Å²) in [5.74, 6) is -0.944. The van der Waals surface area contributed by atoms with Crippen molar-refractivity contribution >= 4 is 55.8 Å². The van der Waals surface area contributed by atoms with Gasteiger partial charge in [0, 0.05) is 0 Å². The lowest BCUT2D eigenvalue weighted by molar-refractivity contribution is -0.129. The number of thioether (sulfide) groups is 1. The van der Waals surface area contributed by atoms with E-state index in [0.29, 0.717) is 3.79 Å². The molecule has 0 radical (unpaired) electrons. The van der Waals surface area contributed by atoms with E-state index < -0.39 is 5.97 Å². The third kappa shape index (κ3) is 3.35. The van der Waals surface area contributed by atoms with Crippen molar-refractivity contribution in [2.24, 2.45) is 5.16 Å². The number of nitrogens with zero attached hydrogens (tertiary/aromatic N) is 2. The number of carboxylic acids is 1. The monoisotopic (exact) mass is 325 g/mol. The number of hydrogen-bond acceptors (Lipinski definition) is 7. The average molecular weight is 326 g/mol. The van der Waals surface area contributed by atoms with Gasteiger partial charge in [0.15, 0.2) is 11.1 Å². The van der Waals surface area contributed by atoms with Gasteiger partial charge < -0.3 is 15.7 Å². The minimum atomic E-state index is -1.22.